The zero-order chi connectivity index (χ0) is 23.1. The number of rotatable bonds is 0. The lowest BCUT2D eigenvalue weighted by Gasteiger charge is -2.65. The van der Waals surface area contributed by atoms with Gasteiger partial charge in [-0.25, -0.2) is 0 Å². The normalized spacial score (nSPS) is 36.7. The molecule has 4 atom stereocenters. The molecule has 0 saturated carbocycles. The number of carbonyl (C=O) groups is 2. The van der Waals surface area contributed by atoms with E-state index in [1.165, 1.54) is 0 Å². The van der Waals surface area contributed by atoms with Crippen molar-refractivity contribution in [1.29, 1.82) is 0 Å². The number of nitrogens with zero attached hydrogens (tertiary/aromatic N) is 1. The number of nitrogens with one attached hydrogen (secondary N) is 2. The van der Waals surface area contributed by atoms with Crippen LogP contribution in [0.1, 0.15) is 69.9 Å². The molecule has 1 aliphatic carbocycles. The molecule has 172 valence electrons. The highest BCUT2D eigenvalue weighted by Gasteiger charge is 2.75. The van der Waals surface area contributed by atoms with Crippen LogP contribution in [0.15, 0.2) is 18.2 Å². The SMILES string of the molecule is CC1(C)C=Cc2c(ccc3c4c([nH]c23)C(C)(C)[C@H]2C[C@]35CCCN3C(=O)[C@]2(NC5=O)[C@@H]4O)O1. The van der Waals surface area contributed by atoms with Gasteiger partial charge in [0.1, 0.15) is 23.0 Å². The Bertz CT molecular complexity index is 1320. The van der Waals surface area contributed by atoms with E-state index in [1.54, 1.807) is 4.90 Å². The lowest BCUT2D eigenvalue weighted by Crippen LogP contribution is -2.85. The summed E-state index contributed by atoms with van der Waals surface area (Å²) in [5, 5.41) is 15.9. The quantitative estimate of drug-likeness (QED) is 0.579. The summed E-state index contributed by atoms with van der Waals surface area (Å²) in [6.45, 7) is 8.89. The minimum absolute atomic E-state index is 0.107. The molecule has 5 aliphatic heterocycles. The Hall–Kier alpha value is -2.80. The molecular weight excluding hydrogens is 418 g/mol. The number of piperidine rings is 2. The number of aromatic nitrogens is 1. The first-order chi connectivity index (χ1) is 15.5. The third-order valence-corrected chi connectivity index (χ3v) is 9.18. The Kier molecular flexibility index (Phi) is 3.25. The molecule has 1 aromatic heterocycles. The number of aliphatic hydroxyl groups excluding tert-OH is 1. The Morgan fingerprint density at radius 1 is 1.18 bits per heavy atom. The molecule has 0 unspecified atom stereocenters. The molecule has 3 N–H and O–H groups in total. The van der Waals surface area contributed by atoms with Gasteiger partial charge in [-0.1, -0.05) is 13.8 Å². The van der Waals surface area contributed by atoms with E-state index in [2.05, 4.69) is 30.2 Å². The average molecular weight is 448 g/mol. The van der Waals surface area contributed by atoms with E-state index in [9.17, 15) is 14.7 Å². The highest BCUT2D eigenvalue weighted by atomic mass is 16.5. The summed E-state index contributed by atoms with van der Waals surface area (Å²) in [5.41, 5.74) is 0.564. The van der Waals surface area contributed by atoms with Crippen LogP contribution in [0.25, 0.3) is 17.0 Å². The van der Waals surface area contributed by atoms with Crippen LogP contribution in [0.5, 0.6) is 5.75 Å². The number of benzene rings is 1. The fourth-order valence-electron chi connectivity index (χ4n) is 7.57. The smallest absolute Gasteiger partial charge is 0.252 e. The van der Waals surface area contributed by atoms with Gasteiger partial charge in [0.15, 0.2) is 5.54 Å². The van der Waals surface area contributed by atoms with Gasteiger partial charge in [0.25, 0.3) is 5.91 Å². The maximum atomic E-state index is 13.9. The van der Waals surface area contributed by atoms with Crippen molar-refractivity contribution in [3.8, 4) is 5.75 Å². The van der Waals surface area contributed by atoms with Crippen molar-refractivity contribution in [3.63, 3.8) is 0 Å². The molecule has 6 heterocycles. The topological polar surface area (TPSA) is 94.7 Å². The number of H-pyrrole nitrogens is 1. The van der Waals surface area contributed by atoms with E-state index in [4.69, 9.17) is 4.74 Å². The predicted octanol–water partition coefficient (Wildman–Crippen LogP) is 2.93. The van der Waals surface area contributed by atoms with E-state index in [-0.39, 0.29) is 23.3 Å². The standard InChI is InChI=1S/C26H29N3O4/c1-23(2)10-8-13-15(33-23)7-6-14-17-19(27-18(13)14)24(3,4)16-12-25-9-5-11-29(25)22(32)26(16,20(17)30)28-21(25)31/h6-8,10,16,20,27,30H,5,9,11-12H2,1-4H3,(H,28,31)/t16-,20-,25+,26-/m1/s1. The number of ether oxygens (including phenoxy) is 1. The number of aromatic amines is 1. The first-order valence-corrected chi connectivity index (χ1v) is 11.9. The largest absolute Gasteiger partial charge is 0.483 e. The summed E-state index contributed by atoms with van der Waals surface area (Å²) >= 11 is 0. The monoisotopic (exact) mass is 447 g/mol. The van der Waals surface area contributed by atoms with Crippen molar-refractivity contribution in [1.82, 2.24) is 15.2 Å². The van der Waals surface area contributed by atoms with Gasteiger partial charge in [-0.2, -0.15) is 0 Å². The van der Waals surface area contributed by atoms with E-state index in [0.717, 1.165) is 39.9 Å². The third kappa shape index (κ3) is 1.99. The van der Waals surface area contributed by atoms with E-state index in [0.29, 0.717) is 19.4 Å². The highest BCUT2D eigenvalue weighted by molar-refractivity contribution is 6.07. The van der Waals surface area contributed by atoms with Crippen LogP contribution >= 0.6 is 0 Å². The molecule has 4 fully saturated rings. The van der Waals surface area contributed by atoms with Crippen LogP contribution in [0.4, 0.5) is 0 Å². The van der Waals surface area contributed by atoms with E-state index in [1.807, 2.05) is 32.1 Å². The third-order valence-electron chi connectivity index (χ3n) is 9.18. The second-order valence-corrected chi connectivity index (χ2v) is 11.6. The van der Waals surface area contributed by atoms with Gasteiger partial charge in [0.2, 0.25) is 5.91 Å². The lowest BCUT2D eigenvalue weighted by molar-refractivity contribution is -0.191. The van der Waals surface area contributed by atoms with Crippen LogP contribution in [-0.4, -0.2) is 50.0 Å². The number of amides is 2. The average Bonchev–Trinajstić information content (AvgIpc) is 3.36. The second kappa shape index (κ2) is 5.46. The Morgan fingerprint density at radius 3 is 2.76 bits per heavy atom. The summed E-state index contributed by atoms with van der Waals surface area (Å²) in [6, 6.07) is 3.90. The number of aliphatic hydroxyl groups is 1. The van der Waals surface area contributed by atoms with Crippen LogP contribution in [0.2, 0.25) is 0 Å². The fourth-order valence-corrected chi connectivity index (χ4v) is 7.57. The number of fused-ring (bicyclic) bond motifs is 6. The Labute approximate surface area is 192 Å². The molecule has 2 spiro atoms. The summed E-state index contributed by atoms with van der Waals surface area (Å²) in [5.74, 6) is 0.354. The van der Waals surface area contributed by atoms with Crippen molar-refractivity contribution in [2.24, 2.45) is 5.92 Å². The molecule has 8 rings (SSSR count). The first kappa shape index (κ1) is 19.6. The second-order valence-electron chi connectivity index (χ2n) is 11.6. The van der Waals surface area contributed by atoms with E-state index < -0.39 is 22.6 Å². The van der Waals surface area contributed by atoms with Gasteiger partial charge in [0, 0.05) is 40.1 Å². The Morgan fingerprint density at radius 2 is 1.97 bits per heavy atom. The number of carbonyl (C=O) groups excluding carboxylic acids is 2. The van der Waals surface area contributed by atoms with Crippen LogP contribution < -0.4 is 10.1 Å². The summed E-state index contributed by atoms with van der Waals surface area (Å²) in [7, 11) is 0. The minimum Gasteiger partial charge on any atom is -0.483 e. The van der Waals surface area contributed by atoms with Crippen LogP contribution in [0.3, 0.4) is 0 Å². The summed E-state index contributed by atoms with van der Waals surface area (Å²) in [4.78, 5) is 32.7. The molecular formula is C26H29N3O4. The fraction of sp³-hybridized carbons (Fsp3) is 0.538. The molecule has 1 aromatic carbocycles. The number of hydrogen-bond donors (Lipinski definition) is 3. The van der Waals surface area contributed by atoms with Gasteiger partial charge < -0.3 is 25.0 Å². The zero-order valence-corrected chi connectivity index (χ0v) is 19.4. The van der Waals surface area contributed by atoms with Crippen molar-refractivity contribution in [2.45, 2.75) is 75.2 Å². The molecule has 0 radical (unpaired) electrons. The number of hydrogen-bond acceptors (Lipinski definition) is 4. The highest BCUT2D eigenvalue weighted by Crippen LogP contribution is 2.62. The molecule has 4 saturated heterocycles. The first-order valence-electron chi connectivity index (χ1n) is 11.9. The van der Waals surface area contributed by atoms with Crippen molar-refractivity contribution < 1.29 is 19.4 Å². The van der Waals surface area contributed by atoms with Crippen molar-refractivity contribution in [2.75, 3.05) is 6.54 Å². The van der Waals surface area contributed by atoms with Gasteiger partial charge in [-0.3, -0.25) is 9.59 Å². The van der Waals surface area contributed by atoms with Crippen molar-refractivity contribution >= 4 is 28.8 Å². The maximum absolute atomic E-state index is 13.9. The molecule has 7 heteroatoms. The molecule has 7 nitrogen and oxygen atoms in total. The van der Waals surface area contributed by atoms with Gasteiger partial charge in [0.05, 0.1) is 5.52 Å². The molecule has 2 aromatic rings. The minimum atomic E-state index is -1.33. The summed E-state index contributed by atoms with van der Waals surface area (Å²) < 4.78 is 6.17. The predicted molar refractivity (Wildman–Crippen MR) is 123 cm³/mol. The molecule has 33 heavy (non-hydrogen) atoms. The molecule has 6 aliphatic rings. The van der Waals surface area contributed by atoms with Gasteiger partial charge in [-0.05, 0) is 57.4 Å². The summed E-state index contributed by atoms with van der Waals surface area (Å²) in [6.07, 6.45) is 5.07. The van der Waals surface area contributed by atoms with Crippen LogP contribution in [0, 0.1) is 5.92 Å². The van der Waals surface area contributed by atoms with Crippen LogP contribution in [-0.2, 0) is 15.0 Å². The Balaban J connectivity index is 1.50. The lowest BCUT2D eigenvalue weighted by atomic mass is 9.50. The molecule has 2 bridgehead atoms. The molecule has 2 amide bonds. The van der Waals surface area contributed by atoms with Gasteiger partial charge in [-0.15, -0.1) is 0 Å². The van der Waals surface area contributed by atoms with Gasteiger partial charge >= 0.3 is 0 Å². The van der Waals surface area contributed by atoms with E-state index >= 15 is 0 Å². The number of piperazine rings is 1. The maximum Gasteiger partial charge on any atom is 0.252 e. The zero-order valence-electron chi connectivity index (χ0n) is 19.4. The van der Waals surface area contributed by atoms with Crippen molar-refractivity contribution in [3.05, 3.63) is 35.0 Å².